The molecular formula is C55H87NO14. The van der Waals surface area contributed by atoms with Gasteiger partial charge in [0.15, 0.2) is 0 Å². The number of carbonyl (C=O) groups excluding carboxylic acids is 5. The van der Waals surface area contributed by atoms with Crippen LogP contribution in [0.2, 0.25) is 0 Å². The van der Waals surface area contributed by atoms with Gasteiger partial charge < -0.3 is 48.3 Å². The van der Waals surface area contributed by atoms with Gasteiger partial charge in [0.2, 0.25) is 5.78 Å². The van der Waals surface area contributed by atoms with Gasteiger partial charge >= 0.3 is 5.97 Å². The molecule has 0 aromatic heterocycles. The molecule has 15 heteroatoms. The molecule has 1 unspecified atom stereocenters. The van der Waals surface area contributed by atoms with E-state index < -0.39 is 42.5 Å². The van der Waals surface area contributed by atoms with Crippen molar-refractivity contribution in [2.75, 3.05) is 66.5 Å². The Kier molecular flexibility index (Phi) is 27.6. The lowest BCUT2D eigenvalue weighted by molar-refractivity contribution is -0.166. The SMILES string of the molecule is CO[C@@H](CC(=O)CC[C@H](C)/C=C/C=C/C=C(\C)C(C[C@@H]1CC[C@@H](C)CO1)OCCOCCOC1COC1)/C(C)=C/CC(=O)C[C@H](OC(=O)[C@@H]1CCCCN1C(=O)C(=O)CO)[C@H](C)CC1CCC(O)CC1. The summed E-state index contributed by atoms with van der Waals surface area (Å²) in [5.41, 5.74) is 1.88. The van der Waals surface area contributed by atoms with E-state index in [2.05, 4.69) is 32.9 Å². The monoisotopic (exact) mass is 986 g/mol. The van der Waals surface area contributed by atoms with Gasteiger partial charge in [-0.25, -0.2) is 4.79 Å². The van der Waals surface area contributed by atoms with Crippen LogP contribution in [0.25, 0.3) is 0 Å². The highest BCUT2D eigenvalue weighted by atomic mass is 16.6. The topological polar surface area (TPSA) is 194 Å². The van der Waals surface area contributed by atoms with Gasteiger partial charge in [-0.05, 0) is 119 Å². The first-order valence-corrected chi connectivity index (χ1v) is 26.2. The van der Waals surface area contributed by atoms with Gasteiger partial charge in [-0.1, -0.05) is 57.2 Å². The summed E-state index contributed by atoms with van der Waals surface area (Å²) in [6, 6.07) is -0.974. The molecule has 0 radical (unpaired) electrons. The number of amides is 1. The first-order valence-electron chi connectivity index (χ1n) is 26.2. The van der Waals surface area contributed by atoms with Crippen LogP contribution in [0.1, 0.15) is 137 Å². The van der Waals surface area contributed by atoms with Crippen molar-refractivity contribution in [2.24, 2.45) is 23.7 Å². The van der Waals surface area contributed by atoms with Crippen molar-refractivity contribution in [3.05, 3.63) is 47.6 Å². The molecule has 3 aliphatic heterocycles. The van der Waals surface area contributed by atoms with E-state index in [0.29, 0.717) is 103 Å². The molecule has 4 rings (SSSR count). The Bertz CT molecular complexity index is 1720. The lowest BCUT2D eigenvalue weighted by Gasteiger charge is -2.36. The minimum atomic E-state index is -0.981. The van der Waals surface area contributed by atoms with E-state index in [9.17, 15) is 34.2 Å². The highest BCUT2D eigenvalue weighted by molar-refractivity contribution is 6.37. The molecule has 0 aromatic rings. The Hall–Kier alpha value is -3.41. The number of allylic oxidation sites excluding steroid dienone is 6. The van der Waals surface area contributed by atoms with Crippen LogP contribution in [0.3, 0.4) is 0 Å². The van der Waals surface area contributed by atoms with Gasteiger partial charge in [-0.2, -0.15) is 0 Å². The van der Waals surface area contributed by atoms with Crippen LogP contribution in [-0.4, -0.2) is 154 Å². The van der Waals surface area contributed by atoms with Gasteiger partial charge in [-0.15, -0.1) is 0 Å². The molecular weight excluding hydrogens is 899 g/mol. The first kappa shape index (κ1) is 59.2. The highest BCUT2D eigenvalue weighted by Gasteiger charge is 2.38. The lowest BCUT2D eigenvalue weighted by atomic mass is 9.80. The van der Waals surface area contributed by atoms with E-state index in [4.69, 9.17) is 33.2 Å². The number of hydrogen-bond donors (Lipinski definition) is 2. The molecule has 1 aliphatic carbocycles. The van der Waals surface area contributed by atoms with Crippen molar-refractivity contribution in [1.29, 1.82) is 0 Å². The number of esters is 1. The molecule has 0 aromatic carbocycles. The second kappa shape index (κ2) is 32.6. The second-order valence-corrected chi connectivity index (χ2v) is 20.4. The maximum atomic E-state index is 13.7. The first-order chi connectivity index (χ1) is 33.7. The highest BCUT2D eigenvalue weighted by Crippen LogP contribution is 2.33. The third-order valence-corrected chi connectivity index (χ3v) is 14.3. The maximum Gasteiger partial charge on any atom is 0.329 e. The van der Waals surface area contributed by atoms with Gasteiger partial charge in [0.25, 0.3) is 5.91 Å². The maximum absolute atomic E-state index is 13.7. The molecule has 1 saturated carbocycles. The minimum absolute atomic E-state index is 0.0378. The summed E-state index contributed by atoms with van der Waals surface area (Å²) in [5.74, 6) is -1.74. The summed E-state index contributed by atoms with van der Waals surface area (Å²) in [4.78, 5) is 66.5. The third kappa shape index (κ3) is 21.7. The van der Waals surface area contributed by atoms with E-state index in [-0.39, 0.29) is 73.6 Å². The molecule has 0 bridgehead atoms. The fourth-order valence-electron chi connectivity index (χ4n) is 9.55. The number of nitrogens with zero attached hydrogens (tertiary/aromatic N) is 1. The number of methoxy groups -OCH3 is 1. The number of ether oxygens (including phenoxy) is 7. The van der Waals surface area contributed by atoms with E-state index >= 15 is 0 Å². The molecule has 1 amide bonds. The number of aliphatic hydroxyl groups is 2. The fourth-order valence-corrected chi connectivity index (χ4v) is 9.55. The van der Waals surface area contributed by atoms with E-state index in [1.807, 2.05) is 32.1 Å². The van der Waals surface area contributed by atoms with Crippen molar-refractivity contribution in [2.45, 2.75) is 180 Å². The zero-order valence-electron chi connectivity index (χ0n) is 43.2. The number of ketones is 3. The number of piperidine rings is 1. The Morgan fingerprint density at radius 3 is 2.26 bits per heavy atom. The van der Waals surface area contributed by atoms with Gasteiger partial charge in [0.05, 0.1) is 64.1 Å². The van der Waals surface area contributed by atoms with Gasteiger partial charge in [0.1, 0.15) is 36.4 Å². The predicted molar refractivity (Wildman–Crippen MR) is 266 cm³/mol. The van der Waals surface area contributed by atoms with Crippen molar-refractivity contribution in [3.8, 4) is 0 Å². The Morgan fingerprint density at radius 2 is 1.57 bits per heavy atom. The van der Waals surface area contributed by atoms with Crippen LogP contribution in [0.5, 0.6) is 0 Å². The number of hydrogen-bond acceptors (Lipinski definition) is 14. The third-order valence-electron chi connectivity index (χ3n) is 14.3. The molecule has 2 N–H and O–H groups in total. The molecule has 70 heavy (non-hydrogen) atoms. The quantitative estimate of drug-likeness (QED) is 0.0226. The van der Waals surface area contributed by atoms with Crippen LogP contribution in [0.4, 0.5) is 0 Å². The minimum Gasteiger partial charge on any atom is -0.460 e. The van der Waals surface area contributed by atoms with Crippen molar-refractivity contribution in [1.82, 2.24) is 4.90 Å². The smallest absolute Gasteiger partial charge is 0.329 e. The normalized spacial score (nSPS) is 25.0. The summed E-state index contributed by atoms with van der Waals surface area (Å²) < 4.78 is 40.8. The van der Waals surface area contributed by atoms with E-state index in [1.54, 1.807) is 13.2 Å². The van der Waals surface area contributed by atoms with Crippen LogP contribution < -0.4 is 0 Å². The summed E-state index contributed by atoms with van der Waals surface area (Å²) in [6.45, 7) is 13.6. The standard InChI is InChI=1S/C55H87NO14/c1-38(12-8-7-9-13-40(3)52(33-47-24-16-39(2)35-69-47)68-29-27-65-26-28-67-48-36-66-37-48)15-20-45(59)31-51(64-6)41(4)17-21-46(60)32-53(42(5)30-43-18-22-44(58)23-19-43)70-55(63)49-14-10-11-25-56(49)54(62)50(61)34-57/h7-9,12-13,17,38-39,42-44,47-49,51-53,57-58H,10-11,14-16,18-37H2,1-6H3/b9-7+,12-8+,40-13+,41-17+/t38-,39-,42-,43?,44?,47+,49+,51+,52?,53+/m1/s1. The molecule has 4 aliphatic rings. The molecule has 396 valence electrons. The number of Topliss-reactive ketones (excluding diaryl/α,β-unsaturated/α-hetero) is 3. The number of aliphatic hydroxyl groups excluding tert-OH is 2. The fraction of sp³-hybridized carbons (Fsp3) is 0.764. The second-order valence-electron chi connectivity index (χ2n) is 20.4. The average molecular weight is 986 g/mol. The number of rotatable bonds is 32. The predicted octanol–water partition coefficient (Wildman–Crippen LogP) is 7.19. The largest absolute Gasteiger partial charge is 0.460 e. The number of likely N-dealkylation sites (tertiary alicyclic amines) is 1. The molecule has 3 saturated heterocycles. The molecule has 4 fully saturated rings. The molecule has 3 heterocycles. The van der Waals surface area contributed by atoms with Crippen LogP contribution in [0, 0.1) is 23.7 Å². The Labute approximate surface area is 418 Å². The summed E-state index contributed by atoms with van der Waals surface area (Å²) in [5, 5.41) is 19.4. The van der Waals surface area contributed by atoms with Gasteiger partial charge in [-0.3, -0.25) is 19.2 Å². The average Bonchev–Trinajstić information content (AvgIpc) is 3.34. The van der Waals surface area contributed by atoms with Crippen LogP contribution in [0.15, 0.2) is 47.6 Å². The molecule has 0 spiro atoms. The summed E-state index contributed by atoms with van der Waals surface area (Å²) in [6.07, 6.45) is 20.4. The Balaban J connectivity index is 1.24. The van der Waals surface area contributed by atoms with Crippen LogP contribution in [-0.2, 0) is 57.1 Å². The number of carbonyl (C=O) groups is 5. The molecule has 8 atom stereocenters. The van der Waals surface area contributed by atoms with E-state index in [1.165, 1.54) is 4.90 Å². The van der Waals surface area contributed by atoms with Crippen molar-refractivity contribution >= 4 is 29.2 Å². The van der Waals surface area contributed by atoms with Crippen molar-refractivity contribution < 1.29 is 67.3 Å². The van der Waals surface area contributed by atoms with Crippen molar-refractivity contribution in [3.63, 3.8) is 0 Å². The lowest BCUT2D eigenvalue weighted by Crippen LogP contribution is -2.52. The summed E-state index contributed by atoms with van der Waals surface area (Å²) >= 11 is 0. The summed E-state index contributed by atoms with van der Waals surface area (Å²) in [7, 11) is 1.55. The molecule has 15 nitrogen and oxygen atoms in total. The zero-order chi connectivity index (χ0) is 50.8. The van der Waals surface area contributed by atoms with Crippen LogP contribution >= 0.6 is 0 Å². The van der Waals surface area contributed by atoms with Gasteiger partial charge in [0, 0.05) is 52.4 Å². The Morgan fingerprint density at radius 1 is 0.814 bits per heavy atom. The zero-order valence-corrected chi connectivity index (χ0v) is 43.2. The van der Waals surface area contributed by atoms with E-state index in [0.717, 1.165) is 49.9 Å².